The van der Waals surface area contributed by atoms with Crippen molar-refractivity contribution in [3.63, 3.8) is 0 Å². The summed E-state index contributed by atoms with van der Waals surface area (Å²) in [6, 6.07) is 0. The Morgan fingerprint density at radius 1 is 1.38 bits per heavy atom. The molecular weight excluding hydrogens is 238 g/mol. The Morgan fingerprint density at radius 3 is 2.56 bits per heavy atom. The molecular formula is C7H7N3O5S. The molecule has 86 valence electrons. The Hall–Kier alpha value is -2.03. The predicted molar refractivity (Wildman–Crippen MR) is 51.6 cm³/mol. The molecule has 0 aromatic carbocycles. The summed E-state index contributed by atoms with van der Waals surface area (Å²) in [4.78, 5) is 25.8. The van der Waals surface area contributed by atoms with E-state index in [1.54, 1.807) is 0 Å². The summed E-state index contributed by atoms with van der Waals surface area (Å²) in [6.07, 6.45) is 0. The molecule has 1 heterocycles. The molecule has 16 heavy (non-hydrogen) atoms. The van der Waals surface area contributed by atoms with Crippen LogP contribution in [0, 0.1) is 0 Å². The van der Waals surface area contributed by atoms with Crippen LogP contribution in [0.25, 0.3) is 0 Å². The molecule has 1 rings (SSSR count). The molecule has 0 fully saturated rings. The molecule has 0 atom stereocenters. The highest BCUT2D eigenvalue weighted by molar-refractivity contribution is 7.07. The van der Waals surface area contributed by atoms with Gasteiger partial charge in [-0.15, -0.1) is 0 Å². The Balaban J connectivity index is 3.01. The Bertz CT molecular complexity index is 441. The van der Waals surface area contributed by atoms with Gasteiger partial charge in [0.2, 0.25) is 16.5 Å². The van der Waals surface area contributed by atoms with Gasteiger partial charge in [-0.2, -0.15) is 4.37 Å². The third kappa shape index (κ3) is 2.31. The molecule has 8 nitrogen and oxygen atoms in total. The molecule has 0 unspecified atom stereocenters. The molecule has 0 bridgehead atoms. The Morgan fingerprint density at radius 2 is 2.06 bits per heavy atom. The Labute approximate surface area is 93.7 Å². The number of carbonyl (C=O) groups excluding carboxylic acids is 2. The molecule has 1 aromatic rings. The van der Waals surface area contributed by atoms with Gasteiger partial charge in [-0.3, -0.25) is 0 Å². The quantitative estimate of drug-likeness (QED) is 0.336. The van der Waals surface area contributed by atoms with Crippen molar-refractivity contribution in [3.8, 4) is 0 Å². The molecule has 1 N–H and O–H groups in total. The van der Waals surface area contributed by atoms with Crippen molar-refractivity contribution in [2.45, 2.75) is 0 Å². The number of hydrogen-bond donors (Lipinski definition) is 1. The lowest BCUT2D eigenvalue weighted by molar-refractivity contribution is -0.132. The highest BCUT2D eigenvalue weighted by Gasteiger charge is 2.22. The first-order valence-corrected chi connectivity index (χ1v) is 4.64. The fraction of sp³-hybridized carbons (Fsp3) is 0.286. The van der Waals surface area contributed by atoms with Crippen LogP contribution >= 0.6 is 11.5 Å². The molecule has 0 radical (unpaired) electrons. The standard InChI is InChI=1S/C7H7N3O5S/c1-14-6(11)3(9-13)4-8-5(16-10-4)7(12)15-2/h13H,1-2H3/b9-3-. The lowest BCUT2D eigenvalue weighted by Gasteiger charge is -1.96. The second kappa shape index (κ2) is 5.16. The van der Waals surface area contributed by atoms with Crippen molar-refractivity contribution < 1.29 is 24.3 Å². The zero-order valence-electron chi connectivity index (χ0n) is 8.33. The Kier molecular flexibility index (Phi) is 3.89. The van der Waals surface area contributed by atoms with Crippen LogP contribution in [0.15, 0.2) is 5.16 Å². The van der Waals surface area contributed by atoms with Crippen molar-refractivity contribution in [1.29, 1.82) is 0 Å². The average Bonchev–Trinajstić information content (AvgIpc) is 2.78. The third-order valence-electron chi connectivity index (χ3n) is 1.48. The van der Waals surface area contributed by atoms with Crippen LogP contribution in [0.5, 0.6) is 0 Å². The summed E-state index contributed by atoms with van der Waals surface area (Å²) < 4.78 is 12.4. The first-order valence-electron chi connectivity index (χ1n) is 3.86. The number of aromatic nitrogens is 2. The number of oxime groups is 1. The van der Waals surface area contributed by atoms with Crippen LogP contribution in [0.3, 0.4) is 0 Å². The molecule has 0 saturated carbocycles. The van der Waals surface area contributed by atoms with Gasteiger partial charge in [-0.1, -0.05) is 5.16 Å². The highest BCUT2D eigenvalue weighted by atomic mass is 32.1. The van der Waals surface area contributed by atoms with Crippen LogP contribution in [0.4, 0.5) is 0 Å². The van der Waals surface area contributed by atoms with E-state index in [-0.39, 0.29) is 10.8 Å². The van der Waals surface area contributed by atoms with Gasteiger partial charge >= 0.3 is 11.9 Å². The molecule has 9 heteroatoms. The van der Waals surface area contributed by atoms with Gasteiger partial charge in [0, 0.05) is 0 Å². The summed E-state index contributed by atoms with van der Waals surface area (Å²) in [5.41, 5.74) is -0.478. The summed E-state index contributed by atoms with van der Waals surface area (Å²) in [7, 11) is 2.30. The van der Waals surface area contributed by atoms with Crippen LogP contribution < -0.4 is 0 Å². The fourth-order valence-electron chi connectivity index (χ4n) is 0.763. The van der Waals surface area contributed by atoms with Crippen LogP contribution in [-0.2, 0) is 14.3 Å². The van der Waals surface area contributed by atoms with Crippen LogP contribution in [0.1, 0.15) is 15.6 Å². The van der Waals surface area contributed by atoms with Gasteiger partial charge in [0.25, 0.3) is 0 Å². The fourth-order valence-corrected chi connectivity index (χ4v) is 1.35. The first-order chi connectivity index (χ1) is 7.63. The zero-order valence-corrected chi connectivity index (χ0v) is 9.15. The van der Waals surface area contributed by atoms with Gasteiger partial charge < -0.3 is 14.7 Å². The predicted octanol–water partition coefficient (Wildman–Crippen LogP) is -0.324. The summed E-state index contributed by atoms with van der Waals surface area (Å²) in [6.45, 7) is 0. The summed E-state index contributed by atoms with van der Waals surface area (Å²) in [5, 5.41) is 11.2. The van der Waals surface area contributed by atoms with E-state index >= 15 is 0 Å². The van der Waals surface area contributed by atoms with E-state index < -0.39 is 17.7 Å². The van der Waals surface area contributed by atoms with Gasteiger partial charge in [0.05, 0.1) is 14.2 Å². The number of nitrogens with zero attached hydrogens (tertiary/aromatic N) is 3. The summed E-state index contributed by atoms with van der Waals surface area (Å²) >= 11 is 0.718. The molecule has 0 amide bonds. The monoisotopic (exact) mass is 245 g/mol. The van der Waals surface area contributed by atoms with Gasteiger partial charge in [-0.25, -0.2) is 14.6 Å². The molecule has 0 aliphatic carbocycles. The third-order valence-corrected chi connectivity index (χ3v) is 2.17. The number of methoxy groups -OCH3 is 2. The van der Waals surface area contributed by atoms with E-state index in [0.29, 0.717) is 0 Å². The highest BCUT2D eigenvalue weighted by Crippen LogP contribution is 2.07. The van der Waals surface area contributed by atoms with E-state index in [0.717, 1.165) is 18.6 Å². The van der Waals surface area contributed by atoms with Gasteiger partial charge in [-0.05, 0) is 11.5 Å². The van der Waals surface area contributed by atoms with Crippen LogP contribution in [-0.4, -0.2) is 46.4 Å². The van der Waals surface area contributed by atoms with Gasteiger partial charge in [0.15, 0.2) is 0 Å². The summed E-state index contributed by atoms with van der Waals surface area (Å²) in [5.74, 6) is -1.79. The van der Waals surface area contributed by atoms with E-state index in [2.05, 4.69) is 24.0 Å². The first kappa shape index (κ1) is 12.0. The number of carbonyl (C=O) groups is 2. The van der Waals surface area contributed by atoms with E-state index in [1.165, 1.54) is 7.11 Å². The van der Waals surface area contributed by atoms with E-state index in [9.17, 15) is 9.59 Å². The number of ether oxygens (including phenoxy) is 2. The minimum absolute atomic E-state index is 0.0532. The van der Waals surface area contributed by atoms with Crippen molar-refractivity contribution >= 4 is 29.2 Å². The smallest absolute Gasteiger partial charge is 0.368 e. The largest absolute Gasteiger partial charge is 0.464 e. The lowest BCUT2D eigenvalue weighted by Crippen LogP contribution is -2.18. The van der Waals surface area contributed by atoms with Gasteiger partial charge in [0.1, 0.15) is 0 Å². The molecule has 0 spiro atoms. The second-order valence-electron chi connectivity index (χ2n) is 2.35. The normalized spacial score (nSPS) is 11.0. The maximum atomic E-state index is 11.1. The zero-order chi connectivity index (χ0) is 12.1. The maximum absolute atomic E-state index is 11.1. The average molecular weight is 245 g/mol. The minimum atomic E-state index is -0.906. The van der Waals surface area contributed by atoms with Crippen molar-refractivity contribution in [1.82, 2.24) is 9.36 Å². The number of hydrogen-bond acceptors (Lipinski definition) is 9. The van der Waals surface area contributed by atoms with Crippen LogP contribution in [0.2, 0.25) is 0 Å². The van der Waals surface area contributed by atoms with Crippen molar-refractivity contribution in [2.75, 3.05) is 14.2 Å². The minimum Gasteiger partial charge on any atom is -0.464 e. The SMILES string of the molecule is COC(=O)/C(=N\O)c1nsc(C(=O)OC)n1. The molecule has 0 aliphatic rings. The molecule has 0 saturated heterocycles. The molecule has 1 aromatic heterocycles. The topological polar surface area (TPSA) is 111 Å². The number of esters is 2. The van der Waals surface area contributed by atoms with Crippen molar-refractivity contribution in [2.24, 2.45) is 5.16 Å². The number of rotatable bonds is 3. The van der Waals surface area contributed by atoms with E-state index in [4.69, 9.17) is 5.21 Å². The van der Waals surface area contributed by atoms with Crippen molar-refractivity contribution in [3.05, 3.63) is 10.8 Å². The maximum Gasteiger partial charge on any atom is 0.368 e. The lowest BCUT2D eigenvalue weighted by atomic mass is 10.3. The second-order valence-corrected chi connectivity index (χ2v) is 3.11. The van der Waals surface area contributed by atoms with E-state index in [1.807, 2.05) is 0 Å². The molecule has 0 aliphatic heterocycles.